The molecule has 3 heteroatoms. The second kappa shape index (κ2) is 7.35. The van der Waals surface area contributed by atoms with E-state index >= 15 is 0 Å². The molecule has 1 atom stereocenters. The largest absolute Gasteiger partial charge is 0.465 e. The summed E-state index contributed by atoms with van der Waals surface area (Å²) in [5, 5.41) is 0. The summed E-state index contributed by atoms with van der Waals surface area (Å²) in [5.41, 5.74) is 0. The molecule has 1 unspecified atom stereocenters. The van der Waals surface area contributed by atoms with Crippen molar-refractivity contribution in [1.29, 1.82) is 0 Å². The highest BCUT2D eigenvalue weighted by Crippen LogP contribution is 2.06. The van der Waals surface area contributed by atoms with Gasteiger partial charge in [-0.05, 0) is 19.3 Å². The number of rotatable bonds is 6. The van der Waals surface area contributed by atoms with Gasteiger partial charge in [-0.25, -0.2) is 0 Å². The first-order valence-electron chi connectivity index (χ1n) is 4.14. The van der Waals surface area contributed by atoms with E-state index in [4.69, 9.17) is 4.74 Å². The van der Waals surface area contributed by atoms with Gasteiger partial charge in [0, 0.05) is 0 Å². The number of unbranched alkanes of at least 4 members (excludes halogenated alkanes) is 1. The fourth-order valence-electron chi connectivity index (χ4n) is 0.658. The van der Waals surface area contributed by atoms with E-state index in [1.54, 1.807) is 0 Å². The standard InChI is InChI=1S/C9H15BrO2/c1-3-5-6-7-12-9(11)8(10)4-2/h3,8H,1,4-7H2,2H3. The van der Waals surface area contributed by atoms with Crippen LogP contribution in [0, 0.1) is 0 Å². The molecule has 0 saturated carbocycles. The van der Waals surface area contributed by atoms with Crippen molar-refractivity contribution in [1.82, 2.24) is 0 Å². The molecular formula is C9H15BrO2. The Morgan fingerprint density at radius 2 is 2.42 bits per heavy atom. The number of hydrogen-bond donors (Lipinski definition) is 0. The molecule has 0 saturated heterocycles. The van der Waals surface area contributed by atoms with E-state index in [0.29, 0.717) is 6.61 Å². The summed E-state index contributed by atoms with van der Waals surface area (Å²) in [6, 6.07) is 0. The van der Waals surface area contributed by atoms with E-state index in [-0.39, 0.29) is 10.8 Å². The minimum Gasteiger partial charge on any atom is -0.465 e. The lowest BCUT2D eigenvalue weighted by Gasteiger charge is -2.06. The second-order valence-corrected chi connectivity index (χ2v) is 3.58. The van der Waals surface area contributed by atoms with Gasteiger partial charge in [0.25, 0.3) is 0 Å². The maximum atomic E-state index is 11.0. The van der Waals surface area contributed by atoms with Crippen molar-refractivity contribution in [3.63, 3.8) is 0 Å². The number of esters is 1. The molecule has 0 rings (SSSR count). The van der Waals surface area contributed by atoms with Crippen molar-refractivity contribution in [3.8, 4) is 0 Å². The minimum absolute atomic E-state index is 0.152. The van der Waals surface area contributed by atoms with Gasteiger partial charge in [-0.15, -0.1) is 6.58 Å². The Hall–Kier alpha value is -0.310. The van der Waals surface area contributed by atoms with E-state index in [2.05, 4.69) is 22.5 Å². The first kappa shape index (κ1) is 11.7. The number of halogens is 1. The SMILES string of the molecule is C=CCCCOC(=O)C(Br)CC. The molecule has 0 spiro atoms. The third-order valence-corrected chi connectivity index (χ3v) is 2.43. The van der Waals surface area contributed by atoms with Gasteiger partial charge in [-0.3, -0.25) is 4.79 Å². The number of carbonyl (C=O) groups is 1. The Morgan fingerprint density at radius 3 is 2.92 bits per heavy atom. The van der Waals surface area contributed by atoms with Gasteiger partial charge in [0.15, 0.2) is 0 Å². The summed E-state index contributed by atoms with van der Waals surface area (Å²) in [6.45, 7) is 6.01. The Labute approximate surface area is 82.1 Å². The molecule has 0 amide bonds. The molecule has 12 heavy (non-hydrogen) atoms. The van der Waals surface area contributed by atoms with Crippen molar-refractivity contribution in [2.75, 3.05) is 6.61 Å². The van der Waals surface area contributed by atoms with Crippen molar-refractivity contribution in [2.45, 2.75) is 31.0 Å². The number of allylic oxidation sites excluding steroid dienone is 1. The molecule has 0 aliphatic heterocycles. The third kappa shape index (κ3) is 5.35. The summed E-state index contributed by atoms with van der Waals surface area (Å²) >= 11 is 3.22. The van der Waals surface area contributed by atoms with E-state index in [1.807, 2.05) is 13.0 Å². The van der Waals surface area contributed by atoms with Crippen LogP contribution >= 0.6 is 15.9 Å². The van der Waals surface area contributed by atoms with Crippen LogP contribution in [0.25, 0.3) is 0 Å². The zero-order valence-corrected chi connectivity index (χ0v) is 8.97. The first-order chi connectivity index (χ1) is 5.72. The quantitative estimate of drug-likeness (QED) is 0.306. The lowest BCUT2D eigenvalue weighted by Crippen LogP contribution is -2.16. The van der Waals surface area contributed by atoms with Crippen LogP contribution in [0.4, 0.5) is 0 Å². The van der Waals surface area contributed by atoms with Gasteiger partial charge >= 0.3 is 5.97 Å². The van der Waals surface area contributed by atoms with Crippen LogP contribution in [0.1, 0.15) is 26.2 Å². The normalized spacial score (nSPS) is 12.2. The van der Waals surface area contributed by atoms with E-state index < -0.39 is 0 Å². The molecule has 0 aromatic carbocycles. The van der Waals surface area contributed by atoms with Gasteiger partial charge in [-0.2, -0.15) is 0 Å². The molecule has 0 bridgehead atoms. The third-order valence-electron chi connectivity index (χ3n) is 1.41. The molecule has 0 heterocycles. The highest BCUT2D eigenvalue weighted by Gasteiger charge is 2.12. The molecule has 0 aromatic heterocycles. The highest BCUT2D eigenvalue weighted by molar-refractivity contribution is 9.10. The first-order valence-corrected chi connectivity index (χ1v) is 5.05. The molecule has 0 aliphatic rings. The van der Waals surface area contributed by atoms with Crippen LogP contribution in [-0.4, -0.2) is 17.4 Å². The fraction of sp³-hybridized carbons (Fsp3) is 0.667. The van der Waals surface area contributed by atoms with E-state index in [0.717, 1.165) is 19.3 Å². The average molecular weight is 235 g/mol. The van der Waals surface area contributed by atoms with Crippen molar-refractivity contribution < 1.29 is 9.53 Å². The van der Waals surface area contributed by atoms with Crippen LogP contribution < -0.4 is 0 Å². The van der Waals surface area contributed by atoms with Gasteiger partial charge in [0.1, 0.15) is 4.83 Å². The molecular weight excluding hydrogens is 220 g/mol. The Balaban J connectivity index is 3.37. The van der Waals surface area contributed by atoms with Crippen LogP contribution in [0.5, 0.6) is 0 Å². The number of alkyl halides is 1. The van der Waals surface area contributed by atoms with Gasteiger partial charge in [-0.1, -0.05) is 28.9 Å². The zero-order chi connectivity index (χ0) is 9.40. The van der Waals surface area contributed by atoms with Crippen molar-refractivity contribution in [2.24, 2.45) is 0 Å². The topological polar surface area (TPSA) is 26.3 Å². The predicted molar refractivity (Wildman–Crippen MR) is 53.4 cm³/mol. The number of hydrogen-bond acceptors (Lipinski definition) is 2. The molecule has 0 fully saturated rings. The van der Waals surface area contributed by atoms with Gasteiger partial charge in [0.2, 0.25) is 0 Å². The lowest BCUT2D eigenvalue weighted by atomic mass is 10.3. The second-order valence-electron chi connectivity index (χ2n) is 2.47. The van der Waals surface area contributed by atoms with E-state index in [9.17, 15) is 4.79 Å². The molecule has 0 aliphatic carbocycles. The molecule has 2 nitrogen and oxygen atoms in total. The Kier molecular flexibility index (Phi) is 7.16. The van der Waals surface area contributed by atoms with Crippen molar-refractivity contribution >= 4 is 21.9 Å². The molecule has 0 aromatic rings. The van der Waals surface area contributed by atoms with Crippen LogP contribution in [0.3, 0.4) is 0 Å². The van der Waals surface area contributed by atoms with Crippen molar-refractivity contribution in [3.05, 3.63) is 12.7 Å². The summed E-state index contributed by atoms with van der Waals surface area (Å²) < 4.78 is 4.96. The smallest absolute Gasteiger partial charge is 0.319 e. The monoisotopic (exact) mass is 234 g/mol. The lowest BCUT2D eigenvalue weighted by molar-refractivity contribution is -0.142. The van der Waals surface area contributed by atoms with Crippen LogP contribution in [-0.2, 0) is 9.53 Å². The predicted octanol–water partition coefficient (Wildman–Crippen LogP) is 2.67. The summed E-state index contributed by atoms with van der Waals surface area (Å²) in [4.78, 5) is 10.9. The number of ether oxygens (including phenoxy) is 1. The van der Waals surface area contributed by atoms with Crippen LogP contribution in [0.2, 0.25) is 0 Å². The van der Waals surface area contributed by atoms with Gasteiger partial charge < -0.3 is 4.74 Å². The maximum Gasteiger partial charge on any atom is 0.319 e. The van der Waals surface area contributed by atoms with Gasteiger partial charge in [0.05, 0.1) is 6.61 Å². The summed E-state index contributed by atoms with van der Waals surface area (Å²) in [6.07, 6.45) is 4.34. The highest BCUT2D eigenvalue weighted by atomic mass is 79.9. The zero-order valence-electron chi connectivity index (χ0n) is 7.38. The molecule has 70 valence electrons. The van der Waals surface area contributed by atoms with E-state index in [1.165, 1.54) is 0 Å². The Bertz CT molecular complexity index is 145. The summed E-state index contributed by atoms with van der Waals surface area (Å²) in [7, 11) is 0. The average Bonchev–Trinajstić information content (AvgIpc) is 2.10. The minimum atomic E-state index is -0.165. The van der Waals surface area contributed by atoms with Crippen LogP contribution in [0.15, 0.2) is 12.7 Å². The maximum absolute atomic E-state index is 11.0. The molecule has 0 N–H and O–H groups in total. The fourth-order valence-corrected chi connectivity index (χ4v) is 0.790. The number of carbonyl (C=O) groups excluding carboxylic acids is 1. The Morgan fingerprint density at radius 1 is 1.75 bits per heavy atom. The summed E-state index contributed by atoms with van der Waals surface area (Å²) in [5.74, 6) is -0.165. The molecule has 0 radical (unpaired) electrons.